The third-order valence-corrected chi connectivity index (χ3v) is 0.759. The summed E-state index contributed by atoms with van der Waals surface area (Å²) in [6, 6.07) is 0. The topological polar surface area (TPSA) is 61.6 Å². The quantitative estimate of drug-likeness (QED) is 0.382. The Balaban J connectivity index is 2.70. The van der Waals surface area contributed by atoms with E-state index in [1.54, 1.807) is 0 Å². The van der Waals surface area contributed by atoms with Crippen LogP contribution in [0, 0.1) is 6.61 Å². The van der Waals surface area contributed by atoms with Gasteiger partial charge in [0.2, 0.25) is 0 Å². The average Bonchev–Trinajstić information content (AvgIpc) is 1.97. The average molecular weight is 146 g/mol. The van der Waals surface area contributed by atoms with Crippen molar-refractivity contribution in [2.75, 3.05) is 26.4 Å². The number of carbonyl (C=O) groups excluding carboxylic acids is 1. The molecule has 10 heavy (non-hydrogen) atoms. The lowest BCUT2D eigenvalue weighted by molar-refractivity contribution is -0.108. The van der Waals surface area contributed by atoms with Crippen molar-refractivity contribution in [2.24, 2.45) is 5.73 Å². The van der Waals surface area contributed by atoms with E-state index in [-0.39, 0.29) is 0 Å². The molecule has 0 rings (SSSR count). The van der Waals surface area contributed by atoms with Gasteiger partial charge in [-0.25, -0.2) is 0 Å². The van der Waals surface area contributed by atoms with Gasteiger partial charge in [0.05, 0.1) is 19.8 Å². The maximum Gasteiger partial charge on any atom is 0.151 e. The van der Waals surface area contributed by atoms with E-state index in [1.807, 2.05) is 0 Å². The first-order chi connectivity index (χ1) is 4.91. The van der Waals surface area contributed by atoms with E-state index in [2.05, 4.69) is 4.74 Å². The van der Waals surface area contributed by atoms with Gasteiger partial charge in [-0.3, -0.25) is 0 Å². The highest BCUT2D eigenvalue weighted by Gasteiger charge is 1.86. The van der Waals surface area contributed by atoms with Crippen LogP contribution in [-0.4, -0.2) is 32.7 Å². The number of ether oxygens (including phenoxy) is 2. The molecule has 0 aromatic rings. The van der Waals surface area contributed by atoms with Crippen molar-refractivity contribution < 1.29 is 14.3 Å². The summed E-state index contributed by atoms with van der Waals surface area (Å²) in [7, 11) is 0. The molecule has 0 aromatic heterocycles. The SMILES string of the molecule is NCCOCCO[CH]C=O. The molecule has 0 saturated heterocycles. The van der Waals surface area contributed by atoms with Crippen molar-refractivity contribution in [3.63, 3.8) is 0 Å². The van der Waals surface area contributed by atoms with Crippen molar-refractivity contribution in [3.05, 3.63) is 6.61 Å². The Labute approximate surface area is 60.3 Å². The van der Waals surface area contributed by atoms with Gasteiger partial charge in [0.1, 0.15) is 6.61 Å². The van der Waals surface area contributed by atoms with E-state index in [0.29, 0.717) is 32.7 Å². The summed E-state index contributed by atoms with van der Waals surface area (Å²) in [6.45, 7) is 3.01. The molecule has 0 aliphatic heterocycles. The minimum atomic E-state index is 0.402. The van der Waals surface area contributed by atoms with Crippen molar-refractivity contribution in [1.29, 1.82) is 0 Å². The lowest BCUT2D eigenvalue weighted by Crippen LogP contribution is -2.11. The van der Waals surface area contributed by atoms with Gasteiger partial charge in [-0.2, -0.15) is 0 Å². The Kier molecular flexibility index (Phi) is 8.17. The second-order valence-electron chi connectivity index (χ2n) is 1.54. The molecule has 1 radical (unpaired) electrons. The first-order valence-corrected chi connectivity index (χ1v) is 3.08. The molecule has 0 fully saturated rings. The second-order valence-corrected chi connectivity index (χ2v) is 1.54. The highest BCUT2D eigenvalue weighted by Crippen LogP contribution is 1.78. The number of hydrogen-bond acceptors (Lipinski definition) is 4. The largest absolute Gasteiger partial charge is 0.378 e. The van der Waals surface area contributed by atoms with E-state index in [9.17, 15) is 4.79 Å². The van der Waals surface area contributed by atoms with Crippen molar-refractivity contribution >= 4 is 6.29 Å². The number of nitrogens with two attached hydrogens (primary N) is 1. The minimum absolute atomic E-state index is 0.402. The van der Waals surface area contributed by atoms with E-state index in [1.165, 1.54) is 0 Å². The third-order valence-electron chi connectivity index (χ3n) is 0.759. The summed E-state index contributed by atoms with van der Waals surface area (Å²) in [5, 5.41) is 0. The summed E-state index contributed by atoms with van der Waals surface area (Å²) < 4.78 is 9.61. The van der Waals surface area contributed by atoms with E-state index >= 15 is 0 Å². The van der Waals surface area contributed by atoms with Crippen molar-refractivity contribution in [3.8, 4) is 0 Å². The van der Waals surface area contributed by atoms with Gasteiger partial charge < -0.3 is 20.0 Å². The number of aldehydes is 1. The molecular weight excluding hydrogens is 134 g/mol. The predicted molar refractivity (Wildman–Crippen MR) is 36.2 cm³/mol. The Morgan fingerprint density at radius 1 is 1.30 bits per heavy atom. The van der Waals surface area contributed by atoms with Crippen LogP contribution in [0.3, 0.4) is 0 Å². The van der Waals surface area contributed by atoms with Gasteiger partial charge in [-0.05, 0) is 0 Å². The van der Waals surface area contributed by atoms with Gasteiger partial charge in [0, 0.05) is 6.54 Å². The van der Waals surface area contributed by atoms with E-state index in [4.69, 9.17) is 10.5 Å². The minimum Gasteiger partial charge on any atom is -0.378 e. The van der Waals surface area contributed by atoms with Crippen LogP contribution in [0.15, 0.2) is 0 Å². The zero-order valence-corrected chi connectivity index (χ0v) is 5.79. The van der Waals surface area contributed by atoms with Crippen LogP contribution < -0.4 is 5.73 Å². The molecule has 0 aromatic carbocycles. The first-order valence-electron chi connectivity index (χ1n) is 3.08. The fourth-order valence-electron chi connectivity index (χ4n) is 0.400. The monoisotopic (exact) mass is 146 g/mol. The highest BCUT2D eigenvalue weighted by molar-refractivity contribution is 5.58. The summed E-state index contributed by atoms with van der Waals surface area (Å²) >= 11 is 0. The molecule has 4 nitrogen and oxygen atoms in total. The van der Waals surface area contributed by atoms with Crippen LogP contribution in [0.5, 0.6) is 0 Å². The number of carbonyl (C=O) groups is 1. The zero-order chi connectivity index (χ0) is 7.66. The lowest BCUT2D eigenvalue weighted by Gasteiger charge is -2.00. The first kappa shape index (κ1) is 9.55. The molecule has 59 valence electrons. The summed E-state index contributed by atoms with van der Waals surface area (Å²) in [6.07, 6.45) is 0.586. The number of rotatable bonds is 7. The molecule has 0 spiro atoms. The Morgan fingerprint density at radius 3 is 2.70 bits per heavy atom. The molecule has 0 atom stereocenters. The summed E-state index contributed by atoms with van der Waals surface area (Å²) in [4.78, 5) is 9.65. The standard InChI is InChI=1S/C6H12NO3/c7-1-3-9-5-6-10-4-2-8/h2,4H,1,3,5-7H2. The molecule has 0 amide bonds. The van der Waals surface area contributed by atoms with Crippen LogP contribution in [0.4, 0.5) is 0 Å². The molecule has 0 bridgehead atoms. The third kappa shape index (κ3) is 7.55. The maximum atomic E-state index is 9.65. The van der Waals surface area contributed by atoms with Crippen LogP contribution in [0.25, 0.3) is 0 Å². The van der Waals surface area contributed by atoms with Crippen molar-refractivity contribution in [1.82, 2.24) is 0 Å². The van der Waals surface area contributed by atoms with Crippen molar-refractivity contribution in [2.45, 2.75) is 0 Å². The molecule has 2 N–H and O–H groups in total. The van der Waals surface area contributed by atoms with Gasteiger partial charge in [0.15, 0.2) is 6.29 Å². The maximum absolute atomic E-state index is 9.65. The highest BCUT2D eigenvalue weighted by atomic mass is 16.5. The summed E-state index contributed by atoms with van der Waals surface area (Å²) in [5.41, 5.74) is 5.14. The van der Waals surface area contributed by atoms with E-state index in [0.717, 1.165) is 6.61 Å². The summed E-state index contributed by atoms with van der Waals surface area (Å²) in [5.74, 6) is 0. The fourth-order valence-corrected chi connectivity index (χ4v) is 0.400. The van der Waals surface area contributed by atoms with E-state index < -0.39 is 0 Å². The van der Waals surface area contributed by atoms with Gasteiger partial charge >= 0.3 is 0 Å². The van der Waals surface area contributed by atoms with Gasteiger partial charge in [0.25, 0.3) is 0 Å². The molecule has 0 saturated carbocycles. The molecule has 0 unspecified atom stereocenters. The van der Waals surface area contributed by atoms with Crippen LogP contribution in [0.2, 0.25) is 0 Å². The smallest absolute Gasteiger partial charge is 0.151 e. The Bertz CT molecular complexity index is 77.4. The van der Waals surface area contributed by atoms with Crippen LogP contribution in [-0.2, 0) is 14.3 Å². The van der Waals surface area contributed by atoms with Gasteiger partial charge in [-0.1, -0.05) is 0 Å². The van der Waals surface area contributed by atoms with Crippen LogP contribution >= 0.6 is 0 Å². The zero-order valence-electron chi connectivity index (χ0n) is 5.79. The van der Waals surface area contributed by atoms with Gasteiger partial charge in [-0.15, -0.1) is 0 Å². The fraction of sp³-hybridized carbons (Fsp3) is 0.667. The second kappa shape index (κ2) is 8.55. The molecule has 0 aliphatic rings. The molecule has 4 heteroatoms. The molecule has 0 heterocycles. The molecular formula is C6H12NO3. The Hall–Kier alpha value is -0.450. The van der Waals surface area contributed by atoms with Crippen LogP contribution in [0.1, 0.15) is 0 Å². The Morgan fingerprint density at radius 2 is 2.10 bits per heavy atom. The number of hydrogen-bond donors (Lipinski definition) is 1. The lowest BCUT2D eigenvalue weighted by atomic mass is 10.7. The molecule has 0 aliphatic carbocycles. The normalized spacial score (nSPS) is 9.70. The predicted octanol–water partition coefficient (Wildman–Crippen LogP) is -0.661.